The van der Waals surface area contributed by atoms with Crippen LogP contribution in [0.1, 0.15) is 23.1 Å². The monoisotopic (exact) mass is 587 g/mol. The Bertz CT molecular complexity index is 1190. The number of carbonyl (C=O) groups is 2. The van der Waals surface area contributed by atoms with E-state index in [1.54, 1.807) is 11.0 Å². The first-order chi connectivity index (χ1) is 20.1. The molecule has 2 aliphatic heterocycles. The van der Waals surface area contributed by atoms with Crippen LogP contribution in [0, 0.1) is 0 Å². The number of hydrogen-bond donors (Lipinski definition) is 1. The number of rotatable bonds is 9. The lowest BCUT2D eigenvalue weighted by Gasteiger charge is -2.37. The van der Waals surface area contributed by atoms with E-state index in [-0.39, 0.29) is 30.0 Å². The van der Waals surface area contributed by atoms with Crippen molar-refractivity contribution >= 4 is 35.6 Å². The maximum absolute atomic E-state index is 13.2. The minimum atomic E-state index is -0.491. The predicted octanol–water partition coefficient (Wildman–Crippen LogP) is 6.24. The van der Waals surface area contributed by atoms with Crippen LogP contribution in [0.15, 0.2) is 104 Å². The summed E-state index contributed by atoms with van der Waals surface area (Å²) in [6, 6.07) is 31.5. The third-order valence-electron chi connectivity index (χ3n) is 7.61. The number of amides is 3. The van der Waals surface area contributed by atoms with Gasteiger partial charge in [0.1, 0.15) is 6.61 Å². The Hall–Kier alpha value is -3.36. The molecular formula is C33H37N3O3S2. The molecule has 0 radical (unpaired) electrons. The number of nitrogens with zero attached hydrogens (tertiary/aromatic N) is 2. The van der Waals surface area contributed by atoms with Crippen molar-refractivity contribution in [3.8, 4) is 0 Å². The molecule has 0 unspecified atom stereocenters. The molecule has 214 valence electrons. The lowest BCUT2D eigenvalue weighted by molar-refractivity contribution is 0.107. The second-order valence-electron chi connectivity index (χ2n) is 10.2. The highest BCUT2D eigenvalue weighted by Gasteiger charge is 2.44. The highest BCUT2D eigenvalue weighted by Crippen LogP contribution is 2.52. The van der Waals surface area contributed by atoms with Crippen LogP contribution >= 0.6 is 23.5 Å². The summed E-state index contributed by atoms with van der Waals surface area (Å²) in [5.74, 6) is 1.91. The van der Waals surface area contributed by atoms with Gasteiger partial charge in [0.15, 0.2) is 0 Å². The Kier molecular flexibility index (Phi) is 9.96. The van der Waals surface area contributed by atoms with Gasteiger partial charge >= 0.3 is 12.1 Å². The van der Waals surface area contributed by atoms with Crippen LogP contribution in [0.2, 0.25) is 0 Å². The van der Waals surface area contributed by atoms with E-state index < -0.39 is 4.75 Å². The molecule has 0 spiro atoms. The molecule has 1 N–H and O–H groups in total. The SMILES string of the molecule is C=CCOC(=O)N1C[C@@H](SC(c2ccccc2)(c2ccccc2)c2ccccc2)C[C@H]1CNC(=O)N1CCSCC1. The molecule has 2 aliphatic rings. The van der Waals surface area contributed by atoms with Crippen molar-refractivity contribution in [3.05, 3.63) is 120 Å². The summed E-state index contributed by atoms with van der Waals surface area (Å²) >= 11 is 3.74. The summed E-state index contributed by atoms with van der Waals surface area (Å²) in [7, 11) is 0. The molecule has 3 aromatic carbocycles. The van der Waals surface area contributed by atoms with Crippen molar-refractivity contribution in [2.24, 2.45) is 0 Å². The summed E-state index contributed by atoms with van der Waals surface area (Å²) in [5, 5.41) is 3.21. The summed E-state index contributed by atoms with van der Waals surface area (Å²) in [5.41, 5.74) is 3.55. The number of ether oxygens (including phenoxy) is 1. The number of nitrogens with one attached hydrogen (secondary N) is 1. The number of hydrogen-bond acceptors (Lipinski definition) is 5. The van der Waals surface area contributed by atoms with Crippen molar-refractivity contribution in [2.75, 3.05) is 44.3 Å². The Morgan fingerprint density at radius 1 is 0.927 bits per heavy atom. The van der Waals surface area contributed by atoms with Gasteiger partial charge in [-0.15, -0.1) is 11.8 Å². The lowest BCUT2D eigenvalue weighted by Crippen LogP contribution is -2.49. The van der Waals surface area contributed by atoms with Crippen molar-refractivity contribution < 1.29 is 14.3 Å². The van der Waals surface area contributed by atoms with Crippen molar-refractivity contribution in [1.29, 1.82) is 0 Å². The van der Waals surface area contributed by atoms with E-state index in [1.807, 2.05) is 46.6 Å². The van der Waals surface area contributed by atoms with Gasteiger partial charge in [-0.25, -0.2) is 9.59 Å². The number of urea groups is 1. The van der Waals surface area contributed by atoms with Crippen LogP contribution in [0.5, 0.6) is 0 Å². The van der Waals surface area contributed by atoms with Gasteiger partial charge in [-0.3, -0.25) is 0 Å². The number of carbonyl (C=O) groups excluding carboxylic acids is 2. The summed E-state index contributed by atoms with van der Waals surface area (Å²) in [6.45, 7) is 6.25. The number of thioether (sulfide) groups is 2. The summed E-state index contributed by atoms with van der Waals surface area (Å²) < 4.78 is 5.00. The van der Waals surface area contributed by atoms with Crippen molar-refractivity contribution in [3.63, 3.8) is 0 Å². The fraction of sp³-hybridized carbons (Fsp3) is 0.333. The van der Waals surface area contributed by atoms with E-state index in [4.69, 9.17) is 4.74 Å². The maximum Gasteiger partial charge on any atom is 0.410 e. The van der Waals surface area contributed by atoms with E-state index in [0.717, 1.165) is 31.0 Å². The average molecular weight is 588 g/mol. The largest absolute Gasteiger partial charge is 0.445 e. The van der Waals surface area contributed by atoms with Crippen LogP contribution in [-0.4, -0.2) is 77.5 Å². The van der Waals surface area contributed by atoms with Crippen LogP contribution < -0.4 is 5.32 Å². The molecule has 8 heteroatoms. The molecule has 6 nitrogen and oxygen atoms in total. The average Bonchev–Trinajstić information content (AvgIpc) is 3.45. The Balaban J connectivity index is 1.45. The van der Waals surface area contributed by atoms with Crippen molar-refractivity contribution in [1.82, 2.24) is 15.1 Å². The Labute approximate surface area is 251 Å². The fourth-order valence-electron chi connectivity index (χ4n) is 5.65. The standard InChI is InChI=1S/C33H37N3O3S2/c1-2-20-39-32(38)36-25-30(23-29(36)24-34-31(37)35-18-21-40-22-19-35)41-33(26-12-6-3-7-13-26,27-14-8-4-9-15-27)28-16-10-5-11-17-28/h2-17,29-30H,1,18-25H2,(H,34,37)/t29-,30-/m0/s1. The van der Waals surface area contributed by atoms with Gasteiger partial charge in [0.05, 0.1) is 10.8 Å². The second kappa shape index (κ2) is 14.0. The molecule has 0 aliphatic carbocycles. The molecule has 0 aromatic heterocycles. The van der Waals surface area contributed by atoms with E-state index in [2.05, 4.69) is 84.7 Å². The third kappa shape index (κ3) is 6.76. The van der Waals surface area contributed by atoms with Crippen LogP contribution in [-0.2, 0) is 9.48 Å². The lowest BCUT2D eigenvalue weighted by atomic mass is 9.84. The van der Waals surface area contributed by atoms with Gasteiger partial charge in [0, 0.05) is 42.9 Å². The van der Waals surface area contributed by atoms with Crippen LogP contribution in [0.3, 0.4) is 0 Å². The van der Waals surface area contributed by atoms with Gasteiger partial charge in [-0.1, -0.05) is 104 Å². The van der Waals surface area contributed by atoms with E-state index in [0.29, 0.717) is 13.1 Å². The molecule has 2 atom stereocenters. The highest BCUT2D eigenvalue weighted by atomic mass is 32.2. The molecule has 41 heavy (non-hydrogen) atoms. The summed E-state index contributed by atoms with van der Waals surface area (Å²) in [4.78, 5) is 29.8. The van der Waals surface area contributed by atoms with E-state index in [9.17, 15) is 9.59 Å². The quantitative estimate of drug-likeness (QED) is 0.237. The first-order valence-electron chi connectivity index (χ1n) is 14.1. The molecule has 5 rings (SSSR count). The smallest absolute Gasteiger partial charge is 0.410 e. The van der Waals surface area contributed by atoms with Crippen LogP contribution in [0.25, 0.3) is 0 Å². The molecule has 2 saturated heterocycles. The zero-order valence-corrected chi connectivity index (χ0v) is 24.8. The van der Waals surface area contributed by atoms with E-state index in [1.165, 1.54) is 16.7 Å². The van der Waals surface area contributed by atoms with Gasteiger partial charge in [-0.05, 0) is 23.1 Å². The molecule has 2 heterocycles. The second-order valence-corrected chi connectivity index (χ2v) is 13.0. The van der Waals surface area contributed by atoms with Gasteiger partial charge in [-0.2, -0.15) is 11.8 Å². The van der Waals surface area contributed by atoms with Gasteiger partial charge < -0.3 is 19.9 Å². The molecule has 3 amide bonds. The molecule has 0 saturated carbocycles. The normalized spacial score (nSPS) is 19.0. The molecule has 2 fully saturated rings. The Morgan fingerprint density at radius 3 is 1.98 bits per heavy atom. The van der Waals surface area contributed by atoms with E-state index >= 15 is 0 Å². The van der Waals surface area contributed by atoms with Crippen LogP contribution in [0.4, 0.5) is 9.59 Å². The van der Waals surface area contributed by atoms with Gasteiger partial charge in [0.2, 0.25) is 0 Å². The topological polar surface area (TPSA) is 61.9 Å². The number of likely N-dealkylation sites (tertiary alicyclic amines) is 1. The first kappa shape index (κ1) is 29.1. The maximum atomic E-state index is 13.2. The zero-order valence-electron chi connectivity index (χ0n) is 23.2. The predicted molar refractivity (Wildman–Crippen MR) is 170 cm³/mol. The zero-order chi connectivity index (χ0) is 28.5. The molecule has 3 aromatic rings. The fourth-order valence-corrected chi connectivity index (χ4v) is 8.42. The first-order valence-corrected chi connectivity index (χ1v) is 16.1. The minimum Gasteiger partial charge on any atom is -0.445 e. The molecular weight excluding hydrogens is 551 g/mol. The Morgan fingerprint density at radius 2 is 1.46 bits per heavy atom. The minimum absolute atomic E-state index is 0.0620. The highest BCUT2D eigenvalue weighted by molar-refractivity contribution is 8.01. The third-order valence-corrected chi connectivity index (χ3v) is 10.3. The van der Waals surface area contributed by atoms with Crippen molar-refractivity contribution in [2.45, 2.75) is 22.5 Å². The van der Waals surface area contributed by atoms with Gasteiger partial charge in [0.25, 0.3) is 0 Å². The summed E-state index contributed by atoms with van der Waals surface area (Å²) in [6.07, 6.45) is 1.95. The molecule has 0 bridgehead atoms. The number of benzene rings is 3.